The van der Waals surface area contributed by atoms with Gasteiger partial charge in [-0.2, -0.15) is 13.2 Å². The summed E-state index contributed by atoms with van der Waals surface area (Å²) in [4.78, 5) is 24.4. The summed E-state index contributed by atoms with van der Waals surface area (Å²) in [6.45, 7) is 1.78. The van der Waals surface area contributed by atoms with Crippen LogP contribution in [-0.4, -0.2) is 4.57 Å². The lowest BCUT2D eigenvalue weighted by molar-refractivity contribution is -0.137. The largest absolute Gasteiger partial charge is 0.426 e. The fourth-order valence-corrected chi connectivity index (χ4v) is 2.26. The van der Waals surface area contributed by atoms with Crippen molar-refractivity contribution >= 4 is 11.0 Å². The van der Waals surface area contributed by atoms with E-state index in [0.717, 1.165) is 29.8 Å². The summed E-state index contributed by atoms with van der Waals surface area (Å²) >= 11 is 0. The van der Waals surface area contributed by atoms with Gasteiger partial charge in [0.1, 0.15) is 5.58 Å². The van der Waals surface area contributed by atoms with Crippen molar-refractivity contribution in [2.75, 3.05) is 0 Å². The van der Waals surface area contributed by atoms with Crippen molar-refractivity contribution in [1.29, 1.82) is 0 Å². The second kappa shape index (κ2) is 5.12. The molecule has 0 bridgehead atoms. The maximum absolute atomic E-state index is 12.6. The monoisotopic (exact) mass is 321 g/mol. The number of alkyl halides is 3. The van der Waals surface area contributed by atoms with Gasteiger partial charge < -0.3 is 4.42 Å². The predicted octanol–water partition coefficient (Wildman–Crippen LogP) is 3.27. The quantitative estimate of drug-likeness (QED) is 0.691. The molecule has 0 amide bonds. The molecule has 7 heteroatoms. The maximum Gasteiger partial charge on any atom is 0.426 e. The van der Waals surface area contributed by atoms with Crippen LogP contribution in [0.25, 0.3) is 16.7 Å². The molecule has 1 heterocycles. The predicted molar refractivity (Wildman–Crippen MR) is 77.8 cm³/mol. The average Bonchev–Trinajstić information content (AvgIpc) is 2.46. The van der Waals surface area contributed by atoms with Crippen LogP contribution in [0.2, 0.25) is 0 Å². The minimum absolute atomic E-state index is 0.0132. The number of benzene rings is 2. The third-order valence-corrected chi connectivity index (χ3v) is 3.40. The molecule has 0 aliphatic carbocycles. The van der Waals surface area contributed by atoms with Crippen LogP contribution in [0.4, 0.5) is 13.2 Å². The third-order valence-electron chi connectivity index (χ3n) is 3.40. The van der Waals surface area contributed by atoms with Gasteiger partial charge in [0.25, 0.3) is 5.56 Å². The minimum Gasteiger partial charge on any atom is -0.409 e. The lowest BCUT2D eigenvalue weighted by Gasteiger charge is -2.09. The van der Waals surface area contributed by atoms with E-state index in [-0.39, 0.29) is 16.7 Å². The molecule has 3 rings (SSSR count). The van der Waals surface area contributed by atoms with Crippen LogP contribution in [0.1, 0.15) is 11.1 Å². The Morgan fingerprint density at radius 1 is 1.00 bits per heavy atom. The van der Waals surface area contributed by atoms with Crippen molar-refractivity contribution in [2.45, 2.75) is 13.1 Å². The van der Waals surface area contributed by atoms with Crippen molar-refractivity contribution < 1.29 is 17.6 Å². The van der Waals surface area contributed by atoms with E-state index in [4.69, 9.17) is 4.42 Å². The Balaban J connectivity index is 2.22. The maximum atomic E-state index is 12.6. The molecule has 118 valence electrons. The van der Waals surface area contributed by atoms with Crippen LogP contribution in [0.3, 0.4) is 0 Å². The van der Waals surface area contributed by atoms with Gasteiger partial charge in [-0.15, -0.1) is 0 Å². The number of halogens is 3. The van der Waals surface area contributed by atoms with Crippen LogP contribution in [0, 0.1) is 6.92 Å². The first-order valence-corrected chi connectivity index (χ1v) is 6.61. The molecule has 0 spiro atoms. The zero-order valence-corrected chi connectivity index (χ0v) is 11.8. The van der Waals surface area contributed by atoms with Crippen LogP contribution in [0.15, 0.2) is 56.5 Å². The Bertz CT molecular complexity index is 998. The number of rotatable bonds is 1. The van der Waals surface area contributed by atoms with Crippen molar-refractivity contribution in [1.82, 2.24) is 4.57 Å². The average molecular weight is 321 g/mol. The van der Waals surface area contributed by atoms with Gasteiger partial charge >= 0.3 is 11.9 Å². The molecular weight excluding hydrogens is 311 g/mol. The zero-order chi connectivity index (χ0) is 16.8. The Hall–Kier alpha value is -2.83. The Labute approximate surface area is 127 Å². The smallest absolute Gasteiger partial charge is 0.409 e. The van der Waals surface area contributed by atoms with Crippen LogP contribution in [-0.2, 0) is 6.18 Å². The van der Waals surface area contributed by atoms with E-state index >= 15 is 0 Å². The van der Waals surface area contributed by atoms with Crippen LogP contribution < -0.4 is 11.3 Å². The normalized spacial score (nSPS) is 11.8. The van der Waals surface area contributed by atoms with E-state index in [1.165, 1.54) is 6.07 Å². The molecule has 0 fully saturated rings. The fourth-order valence-electron chi connectivity index (χ4n) is 2.26. The second-order valence-corrected chi connectivity index (χ2v) is 5.05. The van der Waals surface area contributed by atoms with E-state index in [1.807, 2.05) is 0 Å². The molecule has 2 aromatic carbocycles. The third kappa shape index (κ3) is 2.65. The van der Waals surface area contributed by atoms with E-state index in [9.17, 15) is 22.8 Å². The first-order chi connectivity index (χ1) is 10.8. The highest BCUT2D eigenvalue weighted by Crippen LogP contribution is 2.29. The first kappa shape index (κ1) is 15.1. The van der Waals surface area contributed by atoms with Crippen LogP contribution >= 0.6 is 0 Å². The fraction of sp³-hybridized carbons (Fsp3) is 0.125. The molecule has 23 heavy (non-hydrogen) atoms. The van der Waals surface area contributed by atoms with E-state index in [0.29, 0.717) is 4.57 Å². The molecule has 0 saturated heterocycles. The highest BCUT2D eigenvalue weighted by Gasteiger charge is 2.30. The summed E-state index contributed by atoms with van der Waals surface area (Å²) in [5, 5.41) is 0.176. The number of aromatic nitrogens is 1. The van der Waals surface area contributed by atoms with E-state index in [2.05, 4.69) is 0 Å². The van der Waals surface area contributed by atoms with Gasteiger partial charge in [0, 0.05) is 0 Å². The Kier molecular flexibility index (Phi) is 3.35. The lowest BCUT2D eigenvalue weighted by atomic mass is 10.2. The van der Waals surface area contributed by atoms with E-state index < -0.39 is 23.1 Å². The molecule has 0 aliphatic rings. The molecule has 4 nitrogen and oxygen atoms in total. The van der Waals surface area contributed by atoms with Crippen molar-refractivity contribution in [3.63, 3.8) is 0 Å². The summed E-state index contributed by atoms with van der Waals surface area (Å²) < 4.78 is 43.5. The summed E-state index contributed by atoms with van der Waals surface area (Å²) in [6.07, 6.45) is -4.49. The highest BCUT2D eigenvalue weighted by molar-refractivity contribution is 5.76. The minimum atomic E-state index is -4.49. The standard InChI is InChI=1S/C16H10F3NO3/c1-9-2-7-12-13(8-9)23-15(22)20(14(12)21)11-5-3-10(4-6-11)16(17,18)19/h2-8H,1H3. The number of aryl methyl sites for hydroxylation is 1. The van der Waals surface area contributed by atoms with Gasteiger partial charge in [0.2, 0.25) is 0 Å². The van der Waals surface area contributed by atoms with Gasteiger partial charge in [0.15, 0.2) is 0 Å². The molecule has 0 radical (unpaired) electrons. The molecule has 1 aromatic heterocycles. The summed E-state index contributed by atoms with van der Waals surface area (Å²) in [5.74, 6) is -0.951. The lowest BCUT2D eigenvalue weighted by Crippen LogP contribution is -2.31. The van der Waals surface area contributed by atoms with Crippen molar-refractivity contribution in [3.05, 3.63) is 74.5 Å². The highest BCUT2D eigenvalue weighted by atomic mass is 19.4. The molecular formula is C16H10F3NO3. The summed E-state index contributed by atoms with van der Waals surface area (Å²) in [5.41, 5.74) is -0.541. The molecule has 0 atom stereocenters. The van der Waals surface area contributed by atoms with Gasteiger partial charge in [-0.25, -0.2) is 9.36 Å². The summed E-state index contributed by atoms with van der Waals surface area (Å²) in [7, 11) is 0. The molecule has 3 aromatic rings. The van der Waals surface area contributed by atoms with Gasteiger partial charge in [0.05, 0.1) is 16.6 Å². The molecule has 0 N–H and O–H groups in total. The van der Waals surface area contributed by atoms with Gasteiger partial charge in [-0.05, 0) is 48.9 Å². The Morgan fingerprint density at radius 3 is 2.26 bits per heavy atom. The molecule has 0 saturated carbocycles. The second-order valence-electron chi connectivity index (χ2n) is 5.05. The van der Waals surface area contributed by atoms with Crippen LogP contribution in [0.5, 0.6) is 0 Å². The number of hydrogen-bond donors (Lipinski definition) is 0. The molecule has 0 unspecified atom stereocenters. The number of nitrogens with zero attached hydrogens (tertiary/aromatic N) is 1. The number of fused-ring (bicyclic) bond motifs is 1. The Morgan fingerprint density at radius 2 is 1.65 bits per heavy atom. The summed E-state index contributed by atoms with van der Waals surface area (Å²) in [6, 6.07) is 8.47. The number of hydrogen-bond acceptors (Lipinski definition) is 3. The SMILES string of the molecule is Cc1ccc2c(=O)n(-c3ccc(C(F)(F)F)cc3)c(=O)oc2c1. The zero-order valence-electron chi connectivity index (χ0n) is 11.8. The van der Waals surface area contributed by atoms with E-state index in [1.54, 1.807) is 19.1 Å². The van der Waals surface area contributed by atoms with Crippen molar-refractivity contribution in [2.24, 2.45) is 0 Å². The first-order valence-electron chi connectivity index (χ1n) is 6.61. The van der Waals surface area contributed by atoms with Gasteiger partial charge in [-0.3, -0.25) is 4.79 Å². The topological polar surface area (TPSA) is 52.2 Å². The van der Waals surface area contributed by atoms with Crippen molar-refractivity contribution in [3.8, 4) is 5.69 Å². The molecule has 0 aliphatic heterocycles. The van der Waals surface area contributed by atoms with Gasteiger partial charge in [-0.1, -0.05) is 6.07 Å².